The molecular formula is C19H30Cl2N8. The Hall–Kier alpha value is -1.77. The van der Waals surface area contributed by atoms with Gasteiger partial charge < -0.3 is 19.8 Å². The van der Waals surface area contributed by atoms with E-state index in [4.69, 9.17) is 28.2 Å². The molecule has 2 aromatic rings. The van der Waals surface area contributed by atoms with Crippen molar-refractivity contribution in [1.29, 1.82) is 0 Å². The predicted molar refractivity (Wildman–Crippen MR) is 117 cm³/mol. The molecule has 1 saturated heterocycles. The molecule has 1 fully saturated rings. The zero-order chi connectivity index (χ0) is 21.0. The average Bonchev–Trinajstić information content (AvgIpc) is 3.37. The van der Waals surface area contributed by atoms with E-state index in [0.29, 0.717) is 29.3 Å². The number of aryl methyl sites for hydroxylation is 1. The second kappa shape index (κ2) is 9.82. The number of halogens is 2. The van der Waals surface area contributed by atoms with Crippen LogP contribution in [0.5, 0.6) is 0 Å². The zero-order valence-corrected chi connectivity index (χ0v) is 19.1. The zero-order valence-electron chi connectivity index (χ0n) is 17.5. The van der Waals surface area contributed by atoms with Gasteiger partial charge in [-0.05, 0) is 38.9 Å². The first-order valence-electron chi connectivity index (χ1n) is 10.0. The number of rotatable bonds is 7. The van der Waals surface area contributed by atoms with Crippen LogP contribution in [0.1, 0.15) is 37.1 Å². The van der Waals surface area contributed by atoms with Crippen LogP contribution in [0.2, 0.25) is 10.2 Å². The lowest BCUT2D eigenvalue weighted by molar-refractivity contribution is 0.267. The molecule has 0 aliphatic carbocycles. The summed E-state index contributed by atoms with van der Waals surface area (Å²) in [5.74, 6) is 2.48. The lowest BCUT2D eigenvalue weighted by atomic mass is 10.2. The highest BCUT2D eigenvalue weighted by molar-refractivity contribution is 6.41. The maximum Gasteiger partial charge on any atom is 0.192 e. The SMILES string of the molecule is CCN1CCCC1CNC(=NCc1cc(Cl)c(Cl)n1C)NCc1nnc(C)n1C. The molecule has 1 unspecified atom stereocenters. The number of hydrogen-bond donors (Lipinski definition) is 2. The molecule has 29 heavy (non-hydrogen) atoms. The molecular weight excluding hydrogens is 411 g/mol. The van der Waals surface area contributed by atoms with Crippen molar-refractivity contribution >= 4 is 29.2 Å². The van der Waals surface area contributed by atoms with E-state index >= 15 is 0 Å². The molecule has 2 N–H and O–H groups in total. The van der Waals surface area contributed by atoms with Crippen molar-refractivity contribution in [3.63, 3.8) is 0 Å². The largest absolute Gasteiger partial charge is 0.355 e. The van der Waals surface area contributed by atoms with Crippen molar-refractivity contribution in [3.05, 3.63) is 33.6 Å². The summed E-state index contributed by atoms with van der Waals surface area (Å²) >= 11 is 12.3. The first-order valence-corrected chi connectivity index (χ1v) is 10.8. The molecule has 1 atom stereocenters. The van der Waals surface area contributed by atoms with Crippen molar-refractivity contribution in [3.8, 4) is 0 Å². The van der Waals surface area contributed by atoms with E-state index in [1.807, 2.05) is 36.2 Å². The molecule has 10 heteroatoms. The van der Waals surface area contributed by atoms with Gasteiger partial charge in [0.05, 0.1) is 18.1 Å². The van der Waals surface area contributed by atoms with Crippen molar-refractivity contribution in [2.45, 2.75) is 45.8 Å². The molecule has 3 heterocycles. The molecule has 0 aromatic carbocycles. The second-order valence-corrected chi connectivity index (χ2v) is 8.15. The van der Waals surface area contributed by atoms with Gasteiger partial charge in [0.15, 0.2) is 11.8 Å². The number of guanidine groups is 1. The van der Waals surface area contributed by atoms with E-state index in [-0.39, 0.29) is 0 Å². The smallest absolute Gasteiger partial charge is 0.192 e. The predicted octanol–water partition coefficient (Wildman–Crippen LogP) is 2.49. The van der Waals surface area contributed by atoms with Gasteiger partial charge in [0.25, 0.3) is 0 Å². The van der Waals surface area contributed by atoms with Crippen molar-refractivity contribution in [1.82, 2.24) is 34.9 Å². The normalized spacial score (nSPS) is 17.9. The number of nitrogens with one attached hydrogen (secondary N) is 2. The number of likely N-dealkylation sites (tertiary alicyclic amines) is 1. The third-order valence-corrected chi connectivity index (χ3v) is 6.46. The van der Waals surface area contributed by atoms with Gasteiger partial charge in [-0.1, -0.05) is 30.1 Å². The molecule has 2 aromatic heterocycles. The summed E-state index contributed by atoms with van der Waals surface area (Å²) in [5.41, 5.74) is 0.951. The Labute approximate surface area is 182 Å². The molecule has 8 nitrogen and oxygen atoms in total. The third kappa shape index (κ3) is 5.24. The summed E-state index contributed by atoms with van der Waals surface area (Å²) in [6.07, 6.45) is 2.46. The Morgan fingerprint density at radius 2 is 2.03 bits per heavy atom. The average molecular weight is 441 g/mol. The van der Waals surface area contributed by atoms with Gasteiger partial charge in [0.2, 0.25) is 0 Å². The Kier molecular flexibility index (Phi) is 7.43. The van der Waals surface area contributed by atoms with Crippen LogP contribution in [0.25, 0.3) is 0 Å². The first-order chi connectivity index (χ1) is 13.9. The number of nitrogens with zero attached hydrogens (tertiary/aromatic N) is 6. The van der Waals surface area contributed by atoms with Crippen LogP contribution in [0.15, 0.2) is 11.1 Å². The number of hydrogen-bond acceptors (Lipinski definition) is 4. The highest BCUT2D eigenvalue weighted by atomic mass is 35.5. The molecule has 0 radical (unpaired) electrons. The lowest BCUT2D eigenvalue weighted by Crippen LogP contribution is -2.45. The fourth-order valence-electron chi connectivity index (χ4n) is 3.60. The summed E-state index contributed by atoms with van der Waals surface area (Å²) < 4.78 is 3.82. The quantitative estimate of drug-likeness (QED) is 0.510. The summed E-state index contributed by atoms with van der Waals surface area (Å²) in [4.78, 5) is 7.26. The minimum absolute atomic E-state index is 0.471. The van der Waals surface area contributed by atoms with E-state index in [0.717, 1.165) is 36.4 Å². The Bertz CT molecular complexity index is 857. The van der Waals surface area contributed by atoms with Crippen molar-refractivity contribution in [2.75, 3.05) is 19.6 Å². The molecule has 0 amide bonds. The number of aromatic nitrogens is 4. The molecule has 0 spiro atoms. The van der Waals surface area contributed by atoms with Crippen molar-refractivity contribution < 1.29 is 0 Å². The third-order valence-electron chi connectivity index (χ3n) is 5.62. The Morgan fingerprint density at radius 3 is 2.66 bits per heavy atom. The molecule has 1 aliphatic heterocycles. The Morgan fingerprint density at radius 1 is 1.24 bits per heavy atom. The van der Waals surface area contributed by atoms with Crippen molar-refractivity contribution in [2.24, 2.45) is 19.1 Å². The lowest BCUT2D eigenvalue weighted by Gasteiger charge is -2.24. The minimum Gasteiger partial charge on any atom is -0.355 e. The van der Waals surface area contributed by atoms with Gasteiger partial charge in [-0.25, -0.2) is 4.99 Å². The van der Waals surface area contributed by atoms with Crippen LogP contribution in [0.4, 0.5) is 0 Å². The first kappa shape index (κ1) is 21.9. The fraction of sp³-hybridized carbons (Fsp3) is 0.632. The van der Waals surface area contributed by atoms with Crippen LogP contribution < -0.4 is 10.6 Å². The van der Waals surface area contributed by atoms with Crippen LogP contribution in [-0.4, -0.2) is 55.9 Å². The van der Waals surface area contributed by atoms with Gasteiger partial charge in [-0.2, -0.15) is 0 Å². The second-order valence-electron chi connectivity index (χ2n) is 7.38. The Balaban J connectivity index is 1.69. The van der Waals surface area contributed by atoms with Crippen LogP contribution in [-0.2, 0) is 27.2 Å². The molecule has 0 saturated carbocycles. The van der Waals surface area contributed by atoms with E-state index in [9.17, 15) is 0 Å². The van der Waals surface area contributed by atoms with E-state index in [2.05, 4.69) is 32.7 Å². The molecule has 0 bridgehead atoms. The maximum absolute atomic E-state index is 6.18. The van der Waals surface area contributed by atoms with Crippen LogP contribution >= 0.6 is 23.2 Å². The van der Waals surface area contributed by atoms with E-state index < -0.39 is 0 Å². The van der Waals surface area contributed by atoms with Crippen LogP contribution in [0.3, 0.4) is 0 Å². The topological polar surface area (TPSA) is 75.3 Å². The van der Waals surface area contributed by atoms with E-state index in [1.54, 1.807) is 0 Å². The summed E-state index contributed by atoms with van der Waals surface area (Å²) in [6, 6.07) is 2.38. The fourth-order valence-corrected chi connectivity index (χ4v) is 4.02. The summed E-state index contributed by atoms with van der Waals surface area (Å²) in [7, 11) is 3.85. The van der Waals surface area contributed by atoms with E-state index in [1.165, 1.54) is 19.4 Å². The van der Waals surface area contributed by atoms with Gasteiger partial charge in [-0.15, -0.1) is 10.2 Å². The monoisotopic (exact) mass is 440 g/mol. The number of aliphatic imine (C=N–C) groups is 1. The van der Waals surface area contributed by atoms with Gasteiger partial charge in [0, 0.05) is 32.4 Å². The highest BCUT2D eigenvalue weighted by Gasteiger charge is 2.23. The summed E-state index contributed by atoms with van der Waals surface area (Å²) in [5, 5.41) is 16.3. The van der Waals surface area contributed by atoms with Gasteiger partial charge in [-0.3, -0.25) is 4.90 Å². The standard InChI is InChI=1S/C19H30Cl2N8/c1-5-29-8-6-7-14(29)10-22-19(24-12-17-26-25-13(2)27(17)3)23-11-15-9-16(20)18(21)28(15)4/h9,14H,5-8,10-12H2,1-4H3,(H2,22,23,24). The van der Waals surface area contributed by atoms with Gasteiger partial charge in [0.1, 0.15) is 11.0 Å². The van der Waals surface area contributed by atoms with Gasteiger partial charge >= 0.3 is 0 Å². The highest BCUT2D eigenvalue weighted by Crippen LogP contribution is 2.25. The molecule has 160 valence electrons. The molecule has 1 aliphatic rings. The minimum atomic E-state index is 0.471. The van der Waals surface area contributed by atoms with Crippen LogP contribution in [0, 0.1) is 6.92 Å². The molecule has 3 rings (SSSR count). The number of likely N-dealkylation sites (N-methyl/N-ethyl adjacent to an activating group) is 1. The summed E-state index contributed by atoms with van der Waals surface area (Å²) in [6.45, 7) is 8.26. The maximum atomic E-state index is 6.18.